The minimum Gasteiger partial charge on any atom is -0.351 e. The van der Waals surface area contributed by atoms with Crippen LogP contribution < -0.4 is 5.32 Å². The van der Waals surface area contributed by atoms with Gasteiger partial charge in [-0.3, -0.25) is 9.69 Å². The first-order valence-corrected chi connectivity index (χ1v) is 9.17. The van der Waals surface area contributed by atoms with Crippen molar-refractivity contribution in [2.45, 2.75) is 25.3 Å². The SMILES string of the molecule is CS[C@H](C)C(=O)NCc1ccccc1CN1CCN(C)CC1. The van der Waals surface area contributed by atoms with E-state index in [1.54, 1.807) is 11.8 Å². The Labute approximate surface area is 138 Å². The third-order valence-corrected chi connectivity index (χ3v) is 5.21. The van der Waals surface area contributed by atoms with Crippen LogP contribution in [0.3, 0.4) is 0 Å². The Morgan fingerprint density at radius 3 is 2.50 bits per heavy atom. The van der Waals surface area contributed by atoms with Gasteiger partial charge in [-0.05, 0) is 31.4 Å². The van der Waals surface area contributed by atoms with E-state index >= 15 is 0 Å². The van der Waals surface area contributed by atoms with Gasteiger partial charge in [0.1, 0.15) is 0 Å². The Morgan fingerprint density at radius 2 is 1.86 bits per heavy atom. The van der Waals surface area contributed by atoms with Crippen molar-refractivity contribution in [1.29, 1.82) is 0 Å². The van der Waals surface area contributed by atoms with Crippen molar-refractivity contribution in [3.63, 3.8) is 0 Å². The van der Waals surface area contributed by atoms with E-state index in [1.807, 2.05) is 19.2 Å². The second kappa shape index (κ2) is 8.56. The largest absolute Gasteiger partial charge is 0.351 e. The highest BCUT2D eigenvalue weighted by Crippen LogP contribution is 2.14. The fourth-order valence-corrected chi connectivity index (χ4v) is 2.86. The molecule has 1 aromatic carbocycles. The highest BCUT2D eigenvalue weighted by Gasteiger charge is 2.16. The summed E-state index contributed by atoms with van der Waals surface area (Å²) in [5.41, 5.74) is 2.55. The van der Waals surface area contributed by atoms with Gasteiger partial charge >= 0.3 is 0 Å². The molecule has 0 radical (unpaired) electrons. The summed E-state index contributed by atoms with van der Waals surface area (Å²) in [4.78, 5) is 16.8. The number of carbonyl (C=O) groups is 1. The molecule has 2 rings (SSSR count). The lowest BCUT2D eigenvalue weighted by Crippen LogP contribution is -2.44. The van der Waals surface area contributed by atoms with E-state index in [9.17, 15) is 4.79 Å². The van der Waals surface area contributed by atoms with Gasteiger partial charge in [-0.2, -0.15) is 11.8 Å². The van der Waals surface area contributed by atoms with Crippen molar-refractivity contribution in [1.82, 2.24) is 15.1 Å². The molecule has 0 bridgehead atoms. The lowest BCUT2D eigenvalue weighted by molar-refractivity contribution is -0.120. The molecule has 1 N–H and O–H groups in total. The lowest BCUT2D eigenvalue weighted by atomic mass is 10.1. The topological polar surface area (TPSA) is 35.6 Å². The normalized spacial score (nSPS) is 18.1. The lowest BCUT2D eigenvalue weighted by Gasteiger charge is -2.32. The number of carbonyl (C=O) groups excluding carboxylic acids is 1. The van der Waals surface area contributed by atoms with Crippen LogP contribution in [-0.2, 0) is 17.9 Å². The number of likely N-dealkylation sites (N-methyl/N-ethyl adjacent to an activating group) is 1. The molecule has 1 fully saturated rings. The highest BCUT2D eigenvalue weighted by atomic mass is 32.2. The number of piperazine rings is 1. The fourth-order valence-electron chi connectivity index (χ4n) is 2.56. The third-order valence-electron chi connectivity index (χ3n) is 4.28. The number of amides is 1. The monoisotopic (exact) mass is 321 g/mol. The molecule has 0 saturated carbocycles. The maximum atomic E-state index is 11.9. The maximum absolute atomic E-state index is 11.9. The van der Waals surface area contributed by atoms with Gasteiger partial charge in [0.05, 0.1) is 5.25 Å². The summed E-state index contributed by atoms with van der Waals surface area (Å²) in [6.07, 6.45) is 1.96. The molecule has 22 heavy (non-hydrogen) atoms. The van der Waals surface area contributed by atoms with Crippen molar-refractivity contribution < 1.29 is 4.79 Å². The third kappa shape index (κ3) is 5.00. The van der Waals surface area contributed by atoms with Crippen molar-refractivity contribution in [3.8, 4) is 0 Å². The molecule has 1 aliphatic rings. The summed E-state index contributed by atoms with van der Waals surface area (Å²) >= 11 is 1.58. The van der Waals surface area contributed by atoms with E-state index in [1.165, 1.54) is 11.1 Å². The van der Waals surface area contributed by atoms with Crippen LogP contribution >= 0.6 is 11.8 Å². The Bertz CT molecular complexity index is 487. The fraction of sp³-hybridized carbons (Fsp3) is 0.588. The van der Waals surface area contributed by atoms with Gasteiger partial charge in [0.25, 0.3) is 0 Å². The predicted octanol–water partition coefficient (Wildman–Crippen LogP) is 1.80. The zero-order valence-corrected chi connectivity index (χ0v) is 14.7. The van der Waals surface area contributed by atoms with Crippen LogP contribution in [0.1, 0.15) is 18.1 Å². The number of rotatable bonds is 6. The molecule has 0 aromatic heterocycles. The van der Waals surface area contributed by atoms with Crippen LogP contribution in [0.2, 0.25) is 0 Å². The van der Waals surface area contributed by atoms with Crippen molar-refractivity contribution >= 4 is 17.7 Å². The Balaban J connectivity index is 1.93. The van der Waals surface area contributed by atoms with Crippen LogP contribution in [0.15, 0.2) is 24.3 Å². The van der Waals surface area contributed by atoms with Gasteiger partial charge in [-0.25, -0.2) is 0 Å². The van der Waals surface area contributed by atoms with E-state index in [-0.39, 0.29) is 11.2 Å². The predicted molar refractivity (Wildman–Crippen MR) is 94.0 cm³/mol. The molecule has 1 atom stereocenters. The van der Waals surface area contributed by atoms with E-state index < -0.39 is 0 Å². The number of hydrogen-bond donors (Lipinski definition) is 1. The molecule has 5 heteroatoms. The van der Waals surface area contributed by atoms with E-state index in [0.717, 1.165) is 32.7 Å². The van der Waals surface area contributed by atoms with Gasteiger partial charge in [0, 0.05) is 39.3 Å². The first-order valence-electron chi connectivity index (χ1n) is 7.88. The first kappa shape index (κ1) is 17.3. The molecular weight excluding hydrogens is 294 g/mol. The van der Waals surface area contributed by atoms with Crippen molar-refractivity contribution in [2.24, 2.45) is 0 Å². The standard InChI is InChI=1S/C17H27N3OS/c1-14(22-3)17(21)18-12-15-6-4-5-7-16(15)13-20-10-8-19(2)9-11-20/h4-7,14H,8-13H2,1-3H3,(H,18,21)/t14-/m1/s1. The number of benzene rings is 1. The molecule has 122 valence electrons. The summed E-state index contributed by atoms with van der Waals surface area (Å²) in [6, 6.07) is 8.43. The van der Waals surface area contributed by atoms with Crippen molar-refractivity contribution in [2.75, 3.05) is 39.5 Å². The summed E-state index contributed by atoms with van der Waals surface area (Å²) in [5, 5.41) is 3.05. The molecule has 1 aromatic rings. The molecule has 0 spiro atoms. The molecule has 0 aliphatic carbocycles. The van der Waals surface area contributed by atoms with E-state index in [2.05, 4.69) is 40.4 Å². The van der Waals surface area contributed by atoms with Gasteiger partial charge < -0.3 is 10.2 Å². The Hall–Kier alpha value is -1.04. The quantitative estimate of drug-likeness (QED) is 0.867. The van der Waals surface area contributed by atoms with Crippen LogP contribution in [0.4, 0.5) is 0 Å². The molecular formula is C17H27N3OS. The van der Waals surface area contributed by atoms with E-state index in [0.29, 0.717) is 6.54 Å². The first-order chi connectivity index (χ1) is 10.6. The number of thioether (sulfide) groups is 1. The minimum atomic E-state index is 0.00444. The number of nitrogens with zero attached hydrogens (tertiary/aromatic N) is 2. The van der Waals surface area contributed by atoms with Crippen LogP contribution in [0.5, 0.6) is 0 Å². The zero-order valence-electron chi connectivity index (χ0n) is 13.8. The summed E-state index contributed by atoms with van der Waals surface area (Å²) in [7, 11) is 2.17. The van der Waals surface area contributed by atoms with Crippen LogP contribution in [0.25, 0.3) is 0 Å². The van der Waals surface area contributed by atoms with Gasteiger partial charge in [-0.15, -0.1) is 0 Å². The van der Waals surface area contributed by atoms with Gasteiger partial charge in [-0.1, -0.05) is 24.3 Å². The van der Waals surface area contributed by atoms with Gasteiger partial charge in [0.15, 0.2) is 0 Å². The molecule has 0 unspecified atom stereocenters. The molecule has 1 saturated heterocycles. The summed E-state index contributed by atoms with van der Waals surface area (Å²) in [6.45, 7) is 8.01. The number of hydrogen-bond acceptors (Lipinski definition) is 4. The smallest absolute Gasteiger partial charge is 0.233 e. The van der Waals surface area contributed by atoms with Crippen molar-refractivity contribution in [3.05, 3.63) is 35.4 Å². The average molecular weight is 321 g/mol. The molecule has 4 nitrogen and oxygen atoms in total. The number of nitrogens with one attached hydrogen (secondary N) is 1. The van der Waals surface area contributed by atoms with E-state index in [4.69, 9.17) is 0 Å². The maximum Gasteiger partial charge on any atom is 0.233 e. The van der Waals surface area contributed by atoms with Crippen LogP contribution in [0, 0.1) is 0 Å². The second-order valence-electron chi connectivity index (χ2n) is 5.94. The molecule has 1 aliphatic heterocycles. The Kier molecular flexibility index (Phi) is 6.73. The minimum absolute atomic E-state index is 0.00444. The highest BCUT2D eigenvalue weighted by molar-refractivity contribution is 7.99. The molecule has 1 heterocycles. The Morgan fingerprint density at radius 1 is 1.23 bits per heavy atom. The van der Waals surface area contributed by atoms with Crippen LogP contribution in [-0.4, -0.2) is 60.4 Å². The average Bonchev–Trinajstić information content (AvgIpc) is 2.55. The second-order valence-corrected chi connectivity index (χ2v) is 7.12. The summed E-state index contributed by atoms with van der Waals surface area (Å²) < 4.78 is 0. The van der Waals surface area contributed by atoms with Gasteiger partial charge in [0.2, 0.25) is 5.91 Å². The molecule has 1 amide bonds. The zero-order chi connectivity index (χ0) is 15.9. The summed E-state index contributed by atoms with van der Waals surface area (Å²) in [5.74, 6) is 0.113.